The minimum Gasteiger partial charge on any atom is -0.455 e. The van der Waals surface area contributed by atoms with Crippen molar-refractivity contribution in [2.75, 3.05) is 27.3 Å². The van der Waals surface area contributed by atoms with Crippen LogP contribution in [-0.2, 0) is 19.1 Å². The number of methoxy groups -OCH3 is 2. The van der Waals surface area contributed by atoms with Crippen molar-refractivity contribution in [1.29, 1.82) is 0 Å². The Morgan fingerprint density at radius 1 is 0.911 bits per heavy atom. The van der Waals surface area contributed by atoms with Gasteiger partial charge in [-0.25, -0.2) is 19.6 Å². The van der Waals surface area contributed by atoms with Gasteiger partial charge >= 0.3 is 12.2 Å². The van der Waals surface area contributed by atoms with Crippen molar-refractivity contribution in [3.05, 3.63) is 60.4 Å². The molecule has 2 fully saturated rings. The van der Waals surface area contributed by atoms with Gasteiger partial charge in [0.1, 0.15) is 34.6 Å². The fraction of sp³-hybridized carbons (Fsp3) is 0.450. The first-order valence-electron chi connectivity index (χ1n) is 19.0. The Balaban J connectivity index is 1.02. The van der Waals surface area contributed by atoms with Crippen molar-refractivity contribution in [3.63, 3.8) is 0 Å². The number of likely N-dealkylation sites (tertiary alicyclic amines) is 2. The summed E-state index contributed by atoms with van der Waals surface area (Å²) in [7, 11) is 2.57. The molecule has 4 aromatic heterocycles. The topological polar surface area (TPSA) is 188 Å². The van der Waals surface area contributed by atoms with Gasteiger partial charge in [-0.2, -0.15) is 0 Å². The van der Waals surface area contributed by atoms with E-state index in [9.17, 15) is 19.2 Å². The van der Waals surface area contributed by atoms with Crippen LogP contribution >= 0.6 is 11.3 Å². The molecule has 0 spiro atoms. The van der Waals surface area contributed by atoms with Crippen LogP contribution in [0.4, 0.5) is 9.59 Å². The number of hydrogen-bond acceptors (Lipinski definition) is 10. The number of thiophene rings is 1. The number of amides is 4. The Kier molecular flexibility index (Phi) is 10.9. The predicted molar refractivity (Wildman–Crippen MR) is 210 cm³/mol. The van der Waals surface area contributed by atoms with Gasteiger partial charge in [-0.05, 0) is 50.5 Å². The van der Waals surface area contributed by atoms with Gasteiger partial charge in [0.2, 0.25) is 11.8 Å². The second kappa shape index (κ2) is 15.8. The van der Waals surface area contributed by atoms with Crippen molar-refractivity contribution >= 4 is 45.6 Å². The van der Waals surface area contributed by atoms with E-state index >= 15 is 0 Å². The monoisotopic (exact) mass is 784 g/mol. The third kappa shape index (κ3) is 7.49. The number of nitrogens with one attached hydrogen (secondary N) is 4. The molecule has 7 rings (SSSR count). The quantitative estimate of drug-likeness (QED) is 0.108. The summed E-state index contributed by atoms with van der Waals surface area (Å²) < 4.78 is 16.8. The molecule has 2 aliphatic heterocycles. The van der Waals surface area contributed by atoms with Gasteiger partial charge in [-0.1, -0.05) is 45.0 Å². The Hall–Kier alpha value is -5.64. The molecule has 4 unspecified atom stereocenters. The molecule has 2 aliphatic rings. The highest BCUT2D eigenvalue weighted by atomic mass is 32.1. The number of ether oxygens (including phenoxy) is 2. The molecule has 15 nitrogen and oxygen atoms in total. The number of fused-ring (bicyclic) bond motifs is 1. The third-order valence-electron chi connectivity index (χ3n) is 11.0. The maximum atomic E-state index is 13.7. The van der Waals surface area contributed by atoms with Crippen LogP contribution in [-0.4, -0.2) is 92.6 Å². The molecule has 0 bridgehead atoms. The average Bonchev–Trinajstić information content (AvgIpc) is 4.05. The minimum absolute atomic E-state index is 0.110. The highest BCUT2D eigenvalue weighted by molar-refractivity contribution is 7.22. The summed E-state index contributed by atoms with van der Waals surface area (Å²) >= 11 is 1.59. The molecule has 4 amide bonds. The summed E-state index contributed by atoms with van der Waals surface area (Å²) in [5.41, 5.74) is 3.23. The number of furan rings is 1. The first-order valence-corrected chi connectivity index (χ1v) is 19.8. The molecule has 2 saturated heterocycles. The zero-order valence-corrected chi connectivity index (χ0v) is 33.2. The number of alkyl carbamates (subject to hydrolysis) is 2. The van der Waals surface area contributed by atoms with Gasteiger partial charge < -0.3 is 44.3 Å². The van der Waals surface area contributed by atoms with Crippen LogP contribution in [0.25, 0.3) is 43.4 Å². The molecule has 4 N–H and O–H groups in total. The van der Waals surface area contributed by atoms with E-state index in [0.717, 1.165) is 69.1 Å². The van der Waals surface area contributed by atoms with E-state index in [1.807, 2.05) is 57.2 Å². The zero-order valence-electron chi connectivity index (χ0n) is 32.4. The lowest BCUT2D eigenvalue weighted by Gasteiger charge is -2.34. The summed E-state index contributed by atoms with van der Waals surface area (Å²) in [4.78, 5) is 71.9. The number of carbonyl (C=O) groups is 4. The van der Waals surface area contributed by atoms with Crippen LogP contribution in [0, 0.1) is 5.92 Å². The van der Waals surface area contributed by atoms with Gasteiger partial charge in [0.15, 0.2) is 0 Å². The number of H-pyrrole nitrogens is 2. The predicted octanol–water partition coefficient (Wildman–Crippen LogP) is 7.17. The lowest BCUT2D eigenvalue weighted by molar-refractivity contribution is -0.139. The Labute approximate surface area is 328 Å². The molecule has 0 aliphatic carbocycles. The molecular formula is C40H48N8O7S. The fourth-order valence-electron chi connectivity index (χ4n) is 7.58. The normalized spacial score (nSPS) is 18.6. The van der Waals surface area contributed by atoms with Crippen molar-refractivity contribution in [2.45, 2.75) is 83.5 Å². The minimum atomic E-state index is -1.09. The van der Waals surface area contributed by atoms with E-state index in [0.29, 0.717) is 31.2 Å². The van der Waals surface area contributed by atoms with Gasteiger partial charge in [0.25, 0.3) is 0 Å². The molecule has 16 heteroatoms. The SMILES string of the molecule is CCC(C)(NC(=O)OC)C(=O)N1CCCC1c1ncc(-c2cc3oc(-c4ccc(-c5cnc(C6CCCN6C(=O)C(NC(=O)OC)C(C)C)[nH]5)cc4)cc3s2)[nH]1. The summed E-state index contributed by atoms with van der Waals surface area (Å²) in [6.45, 7) is 8.55. The second-order valence-corrected chi connectivity index (χ2v) is 16.0. The van der Waals surface area contributed by atoms with Crippen LogP contribution in [0.2, 0.25) is 0 Å². The molecule has 56 heavy (non-hydrogen) atoms. The smallest absolute Gasteiger partial charge is 0.407 e. The van der Waals surface area contributed by atoms with E-state index in [2.05, 4.69) is 30.6 Å². The summed E-state index contributed by atoms with van der Waals surface area (Å²) in [6, 6.07) is 10.9. The van der Waals surface area contributed by atoms with Crippen LogP contribution in [0.5, 0.6) is 0 Å². The molecule has 0 radical (unpaired) electrons. The largest absolute Gasteiger partial charge is 0.455 e. The van der Waals surface area contributed by atoms with E-state index in [-0.39, 0.29) is 29.8 Å². The number of aromatic nitrogens is 4. The molecule has 5 aromatic rings. The van der Waals surface area contributed by atoms with E-state index in [1.165, 1.54) is 14.2 Å². The summed E-state index contributed by atoms with van der Waals surface area (Å²) in [5.74, 6) is 1.75. The van der Waals surface area contributed by atoms with Crippen LogP contribution in [0.1, 0.15) is 83.5 Å². The lowest BCUT2D eigenvalue weighted by atomic mass is 9.96. The lowest BCUT2D eigenvalue weighted by Crippen LogP contribution is -2.57. The van der Waals surface area contributed by atoms with Gasteiger partial charge in [-0.3, -0.25) is 9.59 Å². The summed E-state index contributed by atoms with van der Waals surface area (Å²) in [5, 5.41) is 5.41. The highest BCUT2D eigenvalue weighted by Crippen LogP contribution is 2.40. The molecular weight excluding hydrogens is 737 g/mol. The fourth-order valence-corrected chi connectivity index (χ4v) is 8.57. The van der Waals surface area contributed by atoms with E-state index < -0.39 is 23.8 Å². The van der Waals surface area contributed by atoms with Gasteiger partial charge in [0.05, 0.1) is 59.7 Å². The second-order valence-electron chi connectivity index (χ2n) is 14.9. The number of benzene rings is 1. The van der Waals surface area contributed by atoms with Crippen LogP contribution in [0.3, 0.4) is 0 Å². The molecule has 4 atom stereocenters. The van der Waals surface area contributed by atoms with Crippen LogP contribution < -0.4 is 10.6 Å². The maximum Gasteiger partial charge on any atom is 0.407 e. The Morgan fingerprint density at radius 2 is 1.52 bits per heavy atom. The first-order chi connectivity index (χ1) is 26.9. The number of hydrogen-bond donors (Lipinski definition) is 4. The Bertz CT molecular complexity index is 2190. The third-order valence-corrected chi connectivity index (χ3v) is 12.1. The average molecular weight is 785 g/mol. The first kappa shape index (κ1) is 38.6. The summed E-state index contributed by atoms with van der Waals surface area (Å²) in [6.07, 6.45) is 5.95. The standard InChI is InChI=1S/C40H48N8O7S/c1-7-40(4,46-39(52)54-6)37(50)48-17-9-11-28(48)35-42-21-26(44-35)31-19-30-32(56-31)18-29(55-30)24-14-12-23(13-15-24)25-20-41-34(43-25)27-10-8-16-47(27)36(49)33(22(2)3)45-38(51)53-5/h12-15,18-22,27-28,33H,7-11,16-17H2,1-6H3,(H,41,43)(H,42,44)(H,45,51)(H,46,52). The highest BCUT2D eigenvalue weighted by Gasteiger charge is 2.42. The number of nitrogens with zero attached hydrogens (tertiary/aromatic N) is 4. The van der Waals surface area contributed by atoms with Crippen molar-refractivity contribution < 1.29 is 33.1 Å². The molecule has 6 heterocycles. The van der Waals surface area contributed by atoms with Gasteiger partial charge in [0, 0.05) is 30.8 Å². The van der Waals surface area contributed by atoms with Crippen molar-refractivity contribution in [2.24, 2.45) is 5.92 Å². The molecule has 1 aromatic carbocycles. The van der Waals surface area contributed by atoms with E-state index in [1.54, 1.807) is 40.5 Å². The maximum absolute atomic E-state index is 13.7. The van der Waals surface area contributed by atoms with Crippen molar-refractivity contribution in [1.82, 2.24) is 40.4 Å². The molecule has 0 saturated carbocycles. The Morgan fingerprint density at radius 3 is 2.14 bits per heavy atom. The zero-order chi connectivity index (χ0) is 39.7. The van der Waals surface area contributed by atoms with E-state index in [4.69, 9.17) is 13.9 Å². The number of carbonyl (C=O) groups excluding carboxylic acids is 4. The van der Waals surface area contributed by atoms with Gasteiger partial charge in [-0.15, -0.1) is 11.3 Å². The number of rotatable bonds is 11. The van der Waals surface area contributed by atoms with Crippen molar-refractivity contribution in [3.8, 4) is 33.2 Å². The number of imidazole rings is 2. The number of aromatic amines is 2. The molecule has 296 valence electrons. The van der Waals surface area contributed by atoms with Crippen LogP contribution in [0.15, 0.2) is 53.2 Å².